The largest absolute Gasteiger partial charge is 0.377 e. The molecule has 0 spiro atoms. The second kappa shape index (κ2) is 19.7. The molecule has 0 radical (unpaired) electrons. The van der Waals surface area contributed by atoms with Gasteiger partial charge in [0.1, 0.15) is 0 Å². The molecular weight excluding hydrogens is 243 g/mol. The van der Waals surface area contributed by atoms with Crippen LogP contribution in [0.4, 0.5) is 0 Å². The van der Waals surface area contributed by atoms with E-state index >= 15 is 0 Å². The molecule has 2 nitrogen and oxygen atoms in total. The minimum atomic E-state index is 0. The van der Waals surface area contributed by atoms with Gasteiger partial charge in [0, 0.05) is 27.2 Å². The highest BCUT2D eigenvalue weighted by Crippen LogP contribution is 1.78. The maximum Gasteiger partial charge on any atom is 0.0347 e. The first-order valence-electron chi connectivity index (χ1n) is 4.49. The molecule has 0 saturated heterocycles. The first kappa shape index (κ1) is 24.4. The Morgan fingerprint density at radius 3 is 1.06 bits per heavy atom. The molecule has 0 unspecified atom stereocenters. The van der Waals surface area contributed by atoms with Crippen LogP contribution in [-0.2, 0) is 0 Å². The van der Waals surface area contributed by atoms with Gasteiger partial charge in [-0.2, -0.15) is 0 Å². The molecule has 0 saturated carbocycles. The van der Waals surface area contributed by atoms with Crippen LogP contribution in [0.2, 0.25) is 0 Å². The molecule has 16 heavy (non-hydrogen) atoms. The molecule has 0 rings (SSSR count). The molecule has 4 heteroatoms. The number of rotatable bonds is 6. The Morgan fingerprint density at radius 2 is 1.00 bits per heavy atom. The van der Waals surface area contributed by atoms with Crippen LogP contribution in [0.15, 0.2) is 50.9 Å². The van der Waals surface area contributed by atoms with Gasteiger partial charge in [0.2, 0.25) is 0 Å². The summed E-state index contributed by atoms with van der Waals surface area (Å²) in [5.41, 5.74) is 0. The van der Waals surface area contributed by atoms with E-state index in [1.54, 1.807) is 12.4 Å². The zero-order valence-electron chi connectivity index (χ0n) is 10.3. The molecule has 0 amide bonds. The van der Waals surface area contributed by atoms with E-state index in [9.17, 15) is 0 Å². The highest BCUT2D eigenvalue weighted by Gasteiger charge is 1.78. The smallest absolute Gasteiger partial charge is 0.0347 e. The van der Waals surface area contributed by atoms with Crippen molar-refractivity contribution in [3.8, 4) is 0 Å². The fraction of sp³-hybridized carbons (Fsp3) is 0.333. The molecule has 0 N–H and O–H groups in total. The van der Waals surface area contributed by atoms with Crippen molar-refractivity contribution in [3.05, 3.63) is 50.9 Å². The number of halogens is 2. The van der Waals surface area contributed by atoms with Crippen LogP contribution in [-0.4, -0.2) is 37.0 Å². The van der Waals surface area contributed by atoms with Crippen molar-refractivity contribution < 1.29 is 0 Å². The number of hydrogen-bond acceptors (Lipinski definition) is 2. The molecule has 0 bridgehead atoms. The van der Waals surface area contributed by atoms with E-state index < -0.39 is 0 Å². The SMILES string of the molecule is C=CCN(C)C=C.C=CCN(C)C=C.Cl.Cl. The summed E-state index contributed by atoms with van der Waals surface area (Å²) in [4.78, 5) is 3.90. The minimum absolute atomic E-state index is 0. The number of likely N-dealkylation sites (N-methyl/N-ethyl adjacent to an activating group) is 2. The molecular formula is C12H24Cl2N2. The van der Waals surface area contributed by atoms with E-state index in [4.69, 9.17) is 0 Å². The molecule has 0 atom stereocenters. The molecule has 0 aliphatic carbocycles. The van der Waals surface area contributed by atoms with Gasteiger partial charge < -0.3 is 9.80 Å². The predicted octanol–water partition coefficient (Wildman–Crippen LogP) is 3.34. The van der Waals surface area contributed by atoms with Crippen LogP contribution >= 0.6 is 24.8 Å². The zero-order chi connectivity index (χ0) is 11.4. The van der Waals surface area contributed by atoms with Crippen molar-refractivity contribution in [3.63, 3.8) is 0 Å². The summed E-state index contributed by atoms with van der Waals surface area (Å²) in [6.07, 6.45) is 7.20. The fourth-order valence-electron chi connectivity index (χ4n) is 0.556. The minimum Gasteiger partial charge on any atom is -0.377 e. The van der Waals surface area contributed by atoms with Crippen molar-refractivity contribution in [1.82, 2.24) is 9.80 Å². The summed E-state index contributed by atoms with van der Waals surface area (Å²) in [6, 6.07) is 0. The van der Waals surface area contributed by atoms with E-state index in [1.807, 2.05) is 36.0 Å². The van der Waals surface area contributed by atoms with Crippen LogP contribution in [0.1, 0.15) is 0 Å². The first-order valence-corrected chi connectivity index (χ1v) is 4.49. The Hall–Kier alpha value is -0.860. The Bertz CT molecular complexity index is 162. The normalized spacial score (nSPS) is 6.62. The number of hydrogen-bond donors (Lipinski definition) is 0. The van der Waals surface area contributed by atoms with Gasteiger partial charge in [0.05, 0.1) is 0 Å². The van der Waals surface area contributed by atoms with Gasteiger partial charge in [-0.3, -0.25) is 0 Å². The lowest BCUT2D eigenvalue weighted by molar-refractivity contribution is 0.512. The van der Waals surface area contributed by atoms with Crippen LogP contribution in [0.25, 0.3) is 0 Å². The predicted molar refractivity (Wildman–Crippen MR) is 80.5 cm³/mol. The molecule has 0 aromatic rings. The Balaban J connectivity index is -0.0000000800. The quantitative estimate of drug-likeness (QED) is 0.681. The molecule has 0 heterocycles. The molecule has 0 aliphatic rings. The van der Waals surface area contributed by atoms with E-state index in [1.165, 1.54) is 0 Å². The summed E-state index contributed by atoms with van der Waals surface area (Å²) in [6.45, 7) is 16.0. The lowest BCUT2D eigenvalue weighted by Crippen LogP contribution is -2.08. The summed E-state index contributed by atoms with van der Waals surface area (Å²) in [5, 5.41) is 0. The molecule has 0 aromatic carbocycles. The second-order valence-corrected chi connectivity index (χ2v) is 2.82. The van der Waals surface area contributed by atoms with Crippen LogP contribution in [0.5, 0.6) is 0 Å². The lowest BCUT2D eigenvalue weighted by Gasteiger charge is -2.07. The molecule has 96 valence electrons. The Morgan fingerprint density at radius 1 is 0.750 bits per heavy atom. The van der Waals surface area contributed by atoms with Crippen molar-refractivity contribution in [2.45, 2.75) is 0 Å². The maximum atomic E-state index is 3.56. The highest BCUT2D eigenvalue weighted by molar-refractivity contribution is 5.85. The van der Waals surface area contributed by atoms with Gasteiger partial charge in [0.15, 0.2) is 0 Å². The van der Waals surface area contributed by atoms with E-state index in [0.717, 1.165) is 13.1 Å². The van der Waals surface area contributed by atoms with Crippen LogP contribution in [0.3, 0.4) is 0 Å². The van der Waals surface area contributed by atoms with Crippen molar-refractivity contribution in [2.75, 3.05) is 27.2 Å². The Labute approximate surface area is 113 Å². The highest BCUT2D eigenvalue weighted by atomic mass is 35.5. The fourth-order valence-corrected chi connectivity index (χ4v) is 0.556. The van der Waals surface area contributed by atoms with Crippen molar-refractivity contribution in [2.24, 2.45) is 0 Å². The summed E-state index contributed by atoms with van der Waals surface area (Å²) < 4.78 is 0. The molecule has 0 aromatic heterocycles. The third kappa shape index (κ3) is 23.2. The topological polar surface area (TPSA) is 6.48 Å². The van der Waals surface area contributed by atoms with E-state index in [-0.39, 0.29) is 24.8 Å². The van der Waals surface area contributed by atoms with E-state index in [2.05, 4.69) is 26.3 Å². The van der Waals surface area contributed by atoms with Gasteiger partial charge in [-0.25, -0.2) is 0 Å². The molecule has 0 aliphatic heterocycles. The molecule has 0 fully saturated rings. The van der Waals surface area contributed by atoms with Gasteiger partial charge in [-0.15, -0.1) is 38.0 Å². The summed E-state index contributed by atoms with van der Waals surface area (Å²) in [7, 11) is 3.91. The summed E-state index contributed by atoms with van der Waals surface area (Å²) >= 11 is 0. The first-order chi connectivity index (χ1) is 6.62. The average molecular weight is 267 g/mol. The van der Waals surface area contributed by atoms with Gasteiger partial charge in [-0.1, -0.05) is 25.3 Å². The number of nitrogens with zero attached hydrogens (tertiary/aromatic N) is 2. The maximum absolute atomic E-state index is 3.56. The Kier molecular flexibility index (Phi) is 30.0. The van der Waals surface area contributed by atoms with Crippen molar-refractivity contribution >= 4 is 24.8 Å². The monoisotopic (exact) mass is 266 g/mol. The second-order valence-electron chi connectivity index (χ2n) is 2.82. The zero-order valence-corrected chi connectivity index (χ0v) is 11.9. The van der Waals surface area contributed by atoms with Crippen molar-refractivity contribution in [1.29, 1.82) is 0 Å². The van der Waals surface area contributed by atoms with E-state index in [0.29, 0.717) is 0 Å². The van der Waals surface area contributed by atoms with Gasteiger partial charge in [0.25, 0.3) is 0 Å². The van der Waals surface area contributed by atoms with Crippen LogP contribution in [0, 0.1) is 0 Å². The average Bonchev–Trinajstić information content (AvgIpc) is 2.19. The summed E-state index contributed by atoms with van der Waals surface area (Å²) in [5.74, 6) is 0. The third-order valence-electron chi connectivity index (χ3n) is 1.46. The lowest BCUT2D eigenvalue weighted by atomic mass is 10.6. The van der Waals surface area contributed by atoms with Crippen LogP contribution < -0.4 is 0 Å². The standard InChI is InChI=1S/2C6H11N.2ClH/c2*1-4-6-7(3)5-2;;/h2*4-5H,1-2,6H2,3H3;2*1H. The van der Waals surface area contributed by atoms with Gasteiger partial charge in [-0.05, 0) is 12.4 Å². The van der Waals surface area contributed by atoms with Gasteiger partial charge >= 0.3 is 0 Å². The third-order valence-corrected chi connectivity index (χ3v) is 1.46.